The second kappa shape index (κ2) is 5.67. The fourth-order valence-electron chi connectivity index (χ4n) is 3.67. The third kappa shape index (κ3) is 2.54. The van der Waals surface area contributed by atoms with Crippen molar-refractivity contribution in [3.8, 4) is 0 Å². The lowest BCUT2D eigenvalue weighted by atomic mass is 9.89. The van der Waals surface area contributed by atoms with E-state index in [2.05, 4.69) is 17.1 Å². The molecule has 0 unspecified atom stereocenters. The molecular weight excluding hydrogens is 356 g/mol. The molecule has 3 aromatic rings. The largest absolute Gasteiger partial charge is 0.549 e. The third-order valence-electron chi connectivity index (χ3n) is 5.06. The van der Waals surface area contributed by atoms with Crippen molar-refractivity contribution in [2.75, 3.05) is 5.75 Å². The summed E-state index contributed by atoms with van der Waals surface area (Å²) in [7, 11) is 0. The van der Waals surface area contributed by atoms with Gasteiger partial charge in [-0.25, -0.2) is 4.98 Å². The van der Waals surface area contributed by atoms with Crippen LogP contribution in [-0.2, 0) is 17.6 Å². The van der Waals surface area contributed by atoms with E-state index in [4.69, 9.17) is 4.98 Å². The van der Waals surface area contributed by atoms with Gasteiger partial charge in [0.1, 0.15) is 10.7 Å². The molecule has 1 atom stereocenters. The van der Waals surface area contributed by atoms with Crippen LogP contribution in [0.4, 0.5) is 0 Å². The molecule has 3 heterocycles. The second-order valence-corrected chi connectivity index (χ2v) is 9.10. The number of carboxylic acid groups (broad SMARTS) is 1. The standard InChI is InChI=1S/C17H18N4O2S2/c1-8-2-5-10-11(6-8)25-16-13(10)15-19-20-17(24-7-12(22)23)21(15)14(18-16)9-3-4-9/h8-9H,2-7H2,1H3,(H,22,23)/p-1/t8-/m0/s1. The summed E-state index contributed by atoms with van der Waals surface area (Å²) < 4.78 is 2.00. The maximum atomic E-state index is 10.9. The van der Waals surface area contributed by atoms with Crippen molar-refractivity contribution in [1.82, 2.24) is 19.6 Å². The number of rotatable bonds is 4. The number of aliphatic carboxylic acids is 1. The van der Waals surface area contributed by atoms with Gasteiger partial charge in [0.25, 0.3) is 0 Å². The van der Waals surface area contributed by atoms with Crippen LogP contribution in [0.15, 0.2) is 5.16 Å². The van der Waals surface area contributed by atoms with Crippen LogP contribution in [0.1, 0.15) is 48.4 Å². The lowest BCUT2D eigenvalue weighted by Crippen LogP contribution is -2.24. The number of aromatic nitrogens is 4. The number of fused-ring (bicyclic) bond motifs is 5. The van der Waals surface area contributed by atoms with Crippen molar-refractivity contribution < 1.29 is 9.90 Å². The number of hydrogen-bond acceptors (Lipinski definition) is 7. The monoisotopic (exact) mass is 373 g/mol. The number of thiophene rings is 1. The average Bonchev–Trinajstić information content (AvgIpc) is 3.23. The van der Waals surface area contributed by atoms with Crippen LogP contribution in [0, 0.1) is 5.92 Å². The predicted octanol–water partition coefficient (Wildman–Crippen LogP) is 2.18. The lowest BCUT2D eigenvalue weighted by Gasteiger charge is -2.17. The molecule has 3 aromatic heterocycles. The van der Waals surface area contributed by atoms with Gasteiger partial charge in [-0.3, -0.25) is 4.40 Å². The van der Waals surface area contributed by atoms with Crippen LogP contribution in [0.2, 0.25) is 0 Å². The molecular formula is C17H17N4O2S2-. The van der Waals surface area contributed by atoms with E-state index in [-0.39, 0.29) is 5.75 Å². The van der Waals surface area contributed by atoms with Gasteiger partial charge in [-0.1, -0.05) is 18.7 Å². The molecule has 25 heavy (non-hydrogen) atoms. The van der Waals surface area contributed by atoms with Crippen molar-refractivity contribution >= 4 is 44.9 Å². The van der Waals surface area contributed by atoms with Gasteiger partial charge in [-0.15, -0.1) is 21.5 Å². The number of hydrogen-bond donors (Lipinski definition) is 0. The summed E-state index contributed by atoms with van der Waals surface area (Å²) in [5.41, 5.74) is 2.22. The van der Waals surface area contributed by atoms with Crippen LogP contribution in [0.3, 0.4) is 0 Å². The highest BCUT2D eigenvalue weighted by Crippen LogP contribution is 2.44. The molecule has 5 rings (SSSR count). The first-order chi connectivity index (χ1) is 12.1. The SMILES string of the molecule is C[C@H]1CCc2c(sc3nc(C4CC4)n4c(SCC(=O)[O-])nnc4c23)C1. The smallest absolute Gasteiger partial charge is 0.197 e. The summed E-state index contributed by atoms with van der Waals surface area (Å²) in [4.78, 5) is 18.3. The summed E-state index contributed by atoms with van der Waals surface area (Å²) in [6.07, 6.45) is 5.61. The first-order valence-corrected chi connectivity index (χ1v) is 10.4. The second-order valence-electron chi connectivity index (χ2n) is 7.08. The van der Waals surface area contributed by atoms with Crippen molar-refractivity contribution in [2.45, 2.75) is 50.1 Å². The predicted molar refractivity (Wildman–Crippen MR) is 95.1 cm³/mol. The fraction of sp³-hybridized carbons (Fsp3) is 0.529. The molecule has 0 aliphatic heterocycles. The molecule has 8 heteroatoms. The summed E-state index contributed by atoms with van der Waals surface area (Å²) in [5, 5.41) is 21.3. The topological polar surface area (TPSA) is 83.2 Å². The van der Waals surface area contributed by atoms with Crippen molar-refractivity contribution in [1.29, 1.82) is 0 Å². The Labute approximate surface area is 152 Å². The van der Waals surface area contributed by atoms with Crippen LogP contribution >= 0.6 is 23.1 Å². The minimum atomic E-state index is -1.09. The number of carboxylic acids is 1. The van der Waals surface area contributed by atoms with Crippen molar-refractivity contribution in [3.05, 3.63) is 16.3 Å². The number of carbonyl (C=O) groups is 1. The van der Waals surface area contributed by atoms with Gasteiger partial charge < -0.3 is 9.90 Å². The Morgan fingerprint density at radius 1 is 1.36 bits per heavy atom. The normalized spacial score (nSPS) is 20.3. The molecule has 0 N–H and O–H groups in total. The Morgan fingerprint density at radius 2 is 2.20 bits per heavy atom. The van der Waals surface area contributed by atoms with Crippen molar-refractivity contribution in [3.63, 3.8) is 0 Å². The molecule has 0 aromatic carbocycles. The van der Waals surface area contributed by atoms with Gasteiger partial charge in [0.05, 0.1) is 11.4 Å². The lowest BCUT2D eigenvalue weighted by molar-refractivity contribution is -0.301. The molecule has 6 nitrogen and oxygen atoms in total. The third-order valence-corrected chi connectivity index (χ3v) is 7.11. The molecule has 0 spiro atoms. The van der Waals surface area contributed by atoms with E-state index in [0.29, 0.717) is 17.0 Å². The van der Waals surface area contributed by atoms with Crippen LogP contribution < -0.4 is 5.11 Å². The average molecular weight is 373 g/mol. The Bertz CT molecular complexity index is 1010. The Kier molecular flexibility index (Phi) is 3.53. The van der Waals surface area contributed by atoms with Gasteiger partial charge in [-0.2, -0.15) is 0 Å². The van der Waals surface area contributed by atoms with Gasteiger partial charge >= 0.3 is 0 Å². The number of nitrogens with zero attached hydrogens (tertiary/aromatic N) is 4. The Hall–Kier alpha value is -1.67. The van der Waals surface area contributed by atoms with Gasteiger partial charge in [0, 0.05) is 16.5 Å². The zero-order valence-corrected chi connectivity index (χ0v) is 15.5. The molecule has 2 aliphatic carbocycles. The molecule has 0 bridgehead atoms. The summed E-state index contributed by atoms with van der Waals surface area (Å²) in [5.74, 6) is 0.919. The number of carbonyl (C=O) groups excluding carboxylic acids is 1. The molecule has 1 saturated carbocycles. The fourth-order valence-corrected chi connectivity index (χ4v) is 5.71. The van der Waals surface area contributed by atoms with E-state index < -0.39 is 5.97 Å². The zero-order valence-electron chi connectivity index (χ0n) is 13.8. The quantitative estimate of drug-likeness (QED) is 0.652. The Morgan fingerprint density at radius 3 is 2.96 bits per heavy atom. The minimum absolute atomic E-state index is 0.123. The van der Waals surface area contributed by atoms with Gasteiger partial charge in [0.15, 0.2) is 10.8 Å². The highest BCUT2D eigenvalue weighted by Gasteiger charge is 2.32. The van der Waals surface area contributed by atoms with E-state index in [1.165, 1.54) is 16.9 Å². The van der Waals surface area contributed by atoms with Crippen LogP contribution in [0.25, 0.3) is 15.9 Å². The molecule has 0 radical (unpaired) electrons. The van der Waals surface area contributed by atoms with Crippen LogP contribution in [-0.4, -0.2) is 31.3 Å². The van der Waals surface area contributed by atoms with Crippen molar-refractivity contribution in [2.24, 2.45) is 5.92 Å². The highest BCUT2D eigenvalue weighted by molar-refractivity contribution is 7.99. The summed E-state index contributed by atoms with van der Waals surface area (Å²) >= 11 is 2.97. The molecule has 130 valence electrons. The molecule has 0 saturated heterocycles. The number of aryl methyl sites for hydroxylation is 1. The van der Waals surface area contributed by atoms with E-state index in [9.17, 15) is 9.90 Å². The molecule has 1 fully saturated rings. The van der Waals surface area contributed by atoms with Gasteiger partial charge in [0.2, 0.25) is 0 Å². The summed E-state index contributed by atoms with van der Waals surface area (Å²) in [6.45, 7) is 2.30. The number of thioether (sulfide) groups is 1. The molecule has 0 amide bonds. The molecule has 2 aliphatic rings. The highest BCUT2D eigenvalue weighted by atomic mass is 32.2. The summed E-state index contributed by atoms with van der Waals surface area (Å²) in [6, 6.07) is 0. The van der Waals surface area contributed by atoms with E-state index in [1.54, 1.807) is 11.3 Å². The van der Waals surface area contributed by atoms with Crippen LogP contribution in [0.5, 0.6) is 0 Å². The van der Waals surface area contributed by atoms with E-state index in [1.807, 2.05) is 4.40 Å². The first-order valence-electron chi connectivity index (χ1n) is 8.63. The maximum absolute atomic E-state index is 10.9. The minimum Gasteiger partial charge on any atom is -0.549 e. The zero-order chi connectivity index (χ0) is 17.1. The van der Waals surface area contributed by atoms with E-state index in [0.717, 1.165) is 59.1 Å². The Balaban J connectivity index is 1.75. The van der Waals surface area contributed by atoms with Gasteiger partial charge in [-0.05, 0) is 43.6 Å². The van der Waals surface area contributed by atoms with E-state index >= 15 is 0 Å². The maximum Gasteiger partial charge on any atom is 0.197 e. The first kappa shape index (κ1) is 15.6.